The largest absolute Gasteiger partial charge is 0.369 e. The third kappa shape index (κ3) is 1.88. The fourth-order valence-corrected chi connectivity index (χ4v) is 3.24. The van der Waals surface area contributed by atoms with Gasteiger partial charge in [0.15, 0.2) is 5.65 Å². The van der Waals surface area contributed by atoms with Gasteiger partial charge in [-0.3, -0.25) is 9.47 Å². The third-order valence-corrected chi connectivity index (χ3v) is 4.35. The molecular weight excluding hydrogens is 262 g/mol. The van der Waals surface area contributed by atoms with Gasteiger partial charge >= 0.3 is 0 Å². The predicted molar refractivity (Wildman–Crippen MR) is 75.2 cm³/mol. The van der Waals surface area contributed by atoms with E-state index in [1.165, 1.54) is 12.8 Å². The minimum Gasteiger partial charge on any atom is -0.369 e. The second kappa shape index (κ2) is 4.08. The van der Waals surface area contributed by atoms with Gasteiger partial charge < -0.3 is 5.73 Å². The minimum atomic E-state index is 0.388. The molecule has 0 bridgehead atoms. The molecule has 3 heterocycles. The SMILES string of the molecule is Nc1nc2cc(Cl)cnc2n1C1CCN(C2CC2)C1. The van der Waals surface area contributed by atoms with Gasteiger partial charge in [0.2, 0.25) is 5.95 Å². The summed E-state index contributed by atoms with van der Waals surface area (Å²) in [6, 6.07) is 3.02. The Labute approximate surface area is 116 Å². The summed E-state index contributed by atoms with van der Waals surface area (Å²) in [5.41, 5.74) is 7.71. The molecule has 0 aromatic carbocycles. The molecule has 2 aromatic heterocycles. The van der Waals surface area contributed by atoms with Crippen LogP contribution in [0, 0.1) is 0 Å². The van der Waals surface area contributed by atoms with Crippen LogP contribution >= 0.6 is 11.6 Å². The smallest absolute Gasteiger partial charge is 0.202 e. The van der Waals surface area contributed by atoms with Gasteiger partial charge in [0.1, 0.15) is 5.52 Å². The highest BCUT2D eigenvalue weighted by Crippen LogP contribution is 2.35. The van der Waals surface area contributed by atoms with Crippen LogP contribution in [0.1, 0.15) is 25.3 Å². The Balaban J connectivity index is 1.72. The van der Waals surface area contributed by atoms with Crippen molar-refractivity contribution in [2.45, 2.75) is 31.3 Å². The standard InChI is InChI=1S/C13H16ClN5/c14-8-5-11-12(16-6-8)19(13(15)17-11)10-3-4-18(7-10)9-1-2-9/h5-6,9-10H,1-4,7H2,(H2,15,17). The van der Waals surface area contributed by atoms with Crippen molar-refractivity contribution in [2.24, 2.45) is 0 Å². The fourth-order valence-electron chi connectivity index (χ4n) is 3.09. The zero-order chi connectivity index (χ0) is 13.0. The van der Waals surface area contributed by atoms with Crippen molar-refractivity contribution in [1.82, 2.24) is 19.4 Å². The normalized spacial score (nSPS) is 24.4. The first kappa shape index (κ1) is 11.5. The van der Waals surface area contributed by atoms with E-state index in [4.69, 9.17) is 17.3 Å². The van der Waals surface area contributed by atoms with Crippen LogP contribution in [0.25, 0.3) is 11.2 Å². The summed E-state index contributed by atoms with van der Waals surface area (Å²) in [5, 5.41) is 0.600. The quantitative estimate of drug-likeness (QED) is 0.913. The maximum Gasteiger partial charge on any atom is 0.202 e. The number of aromatic nitrogens is 3. The van der Waals surface area contributed by atoms with E-state index in [0.29, 0.717) is 17.0 Å². The van der Waals surface area contributed by atoms with Crippen molar-refractivity contribution in [2.75, 3.05) is 18.8 Å². The van der Waals surface area contributed by atoms with E-state index >= 15 is 0 Å². The molecule has 6 heteroatoms. The van der Waals surface area contributed by atoms with E-state index in [1.807, 2.05) is 6.07 Å². The Hall–Kier alpha value is -1.33. The van der Waals surface area contributed by atoms with E-state index in [2.05, 4.69) is 19.4 Å². The Morgan fingerprint density at radius 2 is 2.11 bits per heavy atom. The van der Waals surface area contributed by atoms with E-state index in [9.17, 15) is 0 Å². The molecule has 100 valence electrons. The molecule has 0 amide bonds. The number of hydrogen-bond donors (Lipinski definition) is 1. The molecule has 2 aliphatic rings. The van der Waals surface area contributed by atoms with E-state index in [-0.39, 0.29) is 0 Å². The summed E-state index contributed by atoms with van der Waals surface area (Å²) in [5.74, 6) is 0.549. The number of imidazole rings is 1. The molecule has 2 aromatic rings. The maximum absolute atomic E-state index is 6.07. The Bertz CT molecular complexity index is 633. The van der Waals surface area contributed by atoms with Gasteiger partial charge in [-0.15, -0.1) is 0 Å². The number of likely N-dealkylation sites (tertiary alicyclic amines) is 1. The van der Waals surface area contributed by atoms with Crippen LogP contribution in [0.4, 0.5) is 5.95 Å². The number of nitrogen functional groups attached to an aromatic ring is 1. The lowest BCUT2D eigenvalue weighted by atomic mass is 10.2. The van der Waals surface area contributed by atoms with Crippen LogP contribution in [0.5, 0.6) is 0 Å². The molecule has 2 N–H and O–H groups in total. The minimum absolute atomic E-state index is 0.388. The third-order valence-electron chi connectivity index (χ3n) is 4.15. The van der Waals surface area contributed by atoms with Crippen LogP contribution in [0.3, 0.4) is 0 Å². The van der Waals surface area contributed by atoms with Gasteiger partial charge in [-0.1, -0.05) is 11.6 Å². The Kier molecular flexibility index (Phi) is 2.47. The van der Waals surface area contributed by atoms with E-state index in [0.717, 1.165) is 36.7 Å². The first-order valence-corrected chi connectivity index (χ1v) is 7.13. The van der Waals surface area contributed by atoms with E-state index in [1.54, 1.807) is 6.20 Å². The first-order chi connectivity index (χ1) is 9.22. The van der Waals surface area contributed by atoms with Crippen LogP contribution in [0.15, 0.2) is 12.3 Å². The molecule has 4 rings (SSSR count). The molecule has 1 saturated carbocycles. The van der Waals surface area contributed by atoms with Crippen molar-refractivity contribution < 1.29 is 0 Å². The highest BCUT2D eigenvalue weighted by atomic mass is 35.5. The predicted octanol–water partition coefficient (Wildman–Crippen LogP) is 2.08. The molecule has 1 aliphatic heterocycles. The molecular formula is C13H16ClN5. The van der Waals surface area contributed by atoms with Gasteiger partial charge in [0.25, 0.3) is 0 Å². The number of nitrogens with two attached hydrogens (primary N) is 1. The van der Waals surface area contributed by atoms with Crippen LogP contribution in [-0.4, -0.2) is 38.6 Å². The molecule has 1 unspecified atom stereocenters. The lowest BCUT2D eigenvalue weighted by molar-refractivity contribution is 0.315. The molecule has 1 aliphatic carbocycles. The highest BCUT2D eigenvalue weighted by Gasteiger charge is 2.36. The van der Waals surface area contributed by atoms with Gasteiger partial charge in [-0.25, -0.2) is 9.97 Å². The molecule has 1 atom stereocenters. The summed E-state index contributed by atoms with van der Waals surface area (Å²) in [6.45, 7) is 2.21. The number of halogens is 1. The molecule has 1 saturated heterocycles. The van der Waals surface area contributed by atoms with Crippen molar-refractivity contribution in [3.05, 3.63) is 17.3 Å². The topological polar surface area (TPSA) is 60.0 Å². The van der Waals surface area contributed by atoms with Crippen LogP contribution in [-0.2, 0) is 0 Å². The van der Waals surface area contributed by atoms with Crippen LogP contribution < -0.4 is 5.73 Å². The van der Waals surface area contributed by atoms with Crippen molar-refractivity contribution >= 4 is 28.7 Å². The average molecular weight is 278 g/mol. The zero-order valence-electron chi connectivity index (χ0n) is 10.6. The number of pyridine rings is 1. The zero-order valence-corrected chi connectivity index (χ0v) is 11.3. The molecule has 5 nitrogen and oxygen atoms in total. The van der Waals surface area contributed by atoms with Gasteiger partial charge in [0.05, 0.1) is 11.1 Å². The molecule has 2 fully saturated rings. The maximum atomic E-state index is 6.07. The number of hydrogen-bond acceptors (Lipinski definition) is 4. The summed E-state index contributed by atoms with van der Waals surface area (Å²) >= 11 is 5.95. The van der Waals surface area contributed by atoms with Crippen molar-refractivity contribution in [3.8, 4) is 0 Å². The Morgan fingerprint density at radius 1 is 1.26 bits per heavy atom. The summed E-state index contributed by atoms with van der Waals surface area (Å²) in [4.78, 5) is 11.3. The van der Waals surface area contributed by atoms with Crippen molar-refractivity contribution in [3.63, 3.8) is 0 Å². The number of fused-ring (bicyclic) bond motifs is 1. The lowest BCUT2D eigenvalue weighted by Gasteiger charge is -2.16. The lowest BCUT2D eigenvalue weighted by Crippen LogP contribution is -2.24. The highest BCUT2D eigenvalue weighted by molar-refractivity contribution is 6.31. The monoisotopic (exact) mass is 277 g/mol. The number of anilines is 1. The second-order valence-electron chi connectivity index (χ2n) is 5.50. The number of nitrogens with zero attached hydrogens (tertiary/aromatic N) is 4. The average Bonchev–Trinajstić information content (AvgIpc) is 3.02. The van der Waals surface area contributed by atoms with Gasteiger partial charge in [-0.2, -0.15) is 0 Å². The first-order valence-electron chi connectivity index (χ1n) is 6.75. The summed E-state index contributed by atoms with van der Waals surface area (Å²) in [6.07, 6.45) is 5.48. The molecule has 0 radical (unpaired) electrons. The summed E-state index contributed by atoms with van der Waals surface area (Å²) < 4.78 is 2.08. The van der Waals surface area contributed by atoms with Gasteiger partial charge in [0, 0.05) is 25.3 Å². The summed E-state index contributed by atoms with van der Waals surface area (Å²) in [7, 11) is 0. The van der Waals surface area contributed by atoms with E-state index < -0.39 is 0 Å². The Morgan fingerprint density at radius 3 is 2.89 bits per heavy atom. The van der Waals surface area contributed by atoms with Gasteiger partial charge in [-0.05, 0) is 25.3 Å². The molecule has 19 heavy (non-hydrogen) atoms. The van der Waals surface area contributed by atoms with Crippen LogP contribution in [0.2, 0.25) is 5.02 Å². The number of rotatable bonds is 2. The fraction of sp³-hybridized carbons (Fsp3) is 0.538. The second-order valence-corrected chi connectivity index (χ2v) is 5.94. The molecule has 0 spiro atoms. The van der Waals surface area contributed by atoms with Crippen molar-refractivity contribution in [1.29, 1.82) is 0 Å².